The monoisotopic (exact) mass is 276 g/mol. The Morgan fingerprint density at radius 1 is 1.40 bits per heavy atom. The number of hydrogen-bond donors (Lipinski definition) is 1. The van der Waals surface area contributed by atoms with Crippen molar-refractivity contribution in [3.05, 3.63) is 29.3 Å². The van der Waals surface area contributed by atoms with Gasteiger partial charge in [0.15, 0.2) is 0 Å². The van der Waals surface area contributed by atoms with Gasteiger partial charge in [0, 0.05) is 24.2 Å². The van der Waals surface area contributed by atoms with Crippen molar-refractivity contribution in [2.75, 3.05) is 20.7 Å². The quantitative estimate of drug-likeness (QED) is 0.826. The van der Waals surface area contributed by atoms with Crippen molar-refractivity contribution in [1.82, 2.24) is 10.2 Å². The van der Waals surface area contributed by atoms with E-state index in [1.54, 1.807) is 0 Å². The molecule has 0 aromatic heterocycles. The lowest BCUT2D eigenvalue weighted by Gasteiger charge is -2.35. The fraction of sp³-hybridized carbons (Fsp3) is 0.647. The Labute approximate surface area is 123 Å². The Morgan fingerprint density at radius 3 is 2.70 bits per heavy atom. The topological polar surface area (TPSA) is 24.5 Å². The van der Waals surface area contributed by atoms with E-state index in [9.17, 15) is 0 Å². The zero-order chi connectivity index (χ0) is 14.5. The van der Waals surface area contributed by atoms with Crippen LogP contribution in [0.25, 0.3) is 0 Å². The zero-order valence-corrected chi connectivity index (χ0v) is 13.3. The Balaban J connectivity index is 2.16. The number of hydrogen-bond acceptors (Lipinski definition) is 3. The molecule has 0 saturated heterocycles. The van der Waals surface area contributed by atoms with Gasteiger partial charge in [0.25, 0.3) is 0 Å². The molecule has 0 aliphatic heterocycles. The summed E-state index contributed by atoms with van der Waals surface area (Å²) in [7, 11) is 4.23. The van der Waals surface area contributed by atoms with E-state index >= 15 is 0 Å². The predicted octanol–water partition coefficient (Wildman–Crippen LogP) is 3.35. The maximum Gasteiger partial charge on any atom is 0.123 e. The third-order valence-corrected chi connectivity index (χ3v) is 4.44. The molecule has 1 unspecified atom stereocenters. The first-order valence-corrected chi connectivity index (χ1v) is 7.78. The highest BCUT2D eigenvalue weighted by atomic mass is 16.5. The van der Waals surface area contributed by atoms with Gasteiger partial charge in [-0.1, -0.05) is 12.5 Å². The first-order valence-electron chi connectivity index (χ1n) is 7.78. The van der Waals surface area contributed by atoms with Gasteiger partial charge in [-0.15, -0.1) is 0 Å². The van der Waals surface area contributed by atoms with Crippen LogP contribution in [0.2, 0.25) is 0 Å². The number of rotatable bonds is 7. The molecule has 1 aromatic carbocycles. The minimum atomic E-state index is 0.374. The van der Waals surface area contributed by atoms with E-state index < -0.39 is 0 Å². The first kappa shape index (κ1) is 15.3. The molecular formula is C17H28N2O. The molecule has 0 heterocycles. The van der Waals surface area contributed by atoms with E-state index in [2.05, 4.69) is 42.4 Å². The molecule has 20 heavy (non-hydrogen) atoms. The standard InChI is InChI=1S/C17H28N2O/c1-5-20-17-10-9-14(13(2)18-3)11-15(17)12-19(4)16-7-6-8-16/h9-11,13,16,18H,5-8,12H2,1-4H3. The molecule has 1 aliphatic carbocycles. The van der Waals surface area contributed by atoms with Crippen LogP contribution in [0.4, 0.5) is 0 Å². The summed E-state index contributed by atoms with van der Waals surface area (Å²) < 4.78 is 5.79. The van der Waals surface area contributed by atoms with Gasteiger partial charge in [-0.25, -0.2) is 0 Å². The molecule has 1 aromatic rings. The smallest absolute Gasteiger partial charge is 0.123 e. The highest BCUT2D eigenvalue weighted by molar-refractivity contribution is 5.38. The van der Waals surface area contributed by atoms with Gasteiger partial charge < -0.3 is 10.1 Å². The molecule has 1 atom stereocenters. The second-order valence-corrected chi connectivity index (χ2v) is 5.81. The van der Waals surface area contributed by atoms with Crippen molar-refractivity contribution in [2.24, 2.45) is 0 Å². The van der Waals surface area contributed by atoms with Gasteiger partial charge in [0.05, 0.1) is 6.61 Å². The van der Waals surface area contributed by atoms with Crippen LogP contribution in [0.3, 0.4) is 0 Å². The van der Waals surface area contributed by atoms with Crippen molar-refractivity contribution in [3.63, 3.8) is 0 Å². The van der Waals surface area contributed by atoms with E-state index in [1.807, 2.05) is 14.0 Å². The molecule has 0 spiro atoms. The fourth-order valence-corrected chi connectivity index (χ4v) is 2.68. The number of benzene rings is 1. The van der Waals surface area contributed by atoms with E-state index in [1.165, 1.54) is 30.4 Å². The van der Waals surface area contributed by atoms with Crippen LogP contribution in [0.15, 0.2) is 18.2 Å². The maximum absolute atomic E-state index is 5.79. The van der Waals surface area contributed by atoms with Gasteiger partial charge >= 0.3 is 0 Å². The van der Waals surface area contributed by atoms with Crippen molar-refractivity contribution in [1.29, 1.82) is 0 Å². The highest BCUT2D eigenvalue weighted by Crippen LogP contribution is 2.29. The number of ether oxygens (including phenoxy) is 1. The summed E-state index contributed by atoms with van der Waals surface area (Å²) in [6.45, 7) is 5.93. The largest absolute Gasteiger partial charge is 0.494 e. The Kier molecular flexibility index (Phi) is 5.44. The van der Waals surface area contributed by atoms with Gasteiger partial charge in [-0.2, -0.15) is 0 Å². The summed E-state index contributed by atoms with van der Waals surface area (Å²) in [6.07, 6.45) is 4.06. The predicted molar refractivity (Wildman–Crippen MR) is 84.2 cm³/mol. The van der Waals surface area contributed by atoms with Crippen LogP contribution in [0.1, 0.15) is 50.3 Å². The SMILES string of the molecule is CCOc1ccc(C(C)NC)cc1CN(C)C1CCC1. The molecule has 0 bridgehead atoms. The lowest BCUT2D eigenvalue weighted by molar-refractivity contribution is 0.151. The van der Waals surface area contributed by atoms with Crippen molar-refractivity contribution in [3.8, 4) is 5.75 Å². The number of nitrogens with one attached hydrogen (secondary N) is 1. The van der Waals surface area contributed by atoms with Crippen LogP contribution in [-0.4, -0.2) is 31.6 Å². The van der Waals surface area contributed by atoms with Gasteiger partial charge in [0.1, 0.15) is 5.75 Å². The van der Waals surface area contributed by atoms with Crippen LogP contribution >= 0.6 is 0 Å². The average Bonchev–Trinajstić information content (AvgIpc) is 2.38. The summed E-state index contributed by atoms with van der Waals surface area (Å²) in [6, 6.07) is 7.71. The zero-order valence-electron chi connectivity index (χ0n) is 13.3. The third-order valence-electron chi connectivity index (χ3n) is 4.44. The lowest BCUT2D eigenvalue weighted by atomic mass is 9.91. The van der Waals surface area contributed by atoms with Crippen LogP contribution in [0, 0.1) is 0 Å². The summed E-state index contributed by atoms with van der Waals surface area (Å²) in [5.74, 6) is 1.03. The van der Waals surface area contributed by atoms with E-state index in [0.717, 1.165) is 24.9 Å². The molecule has 2 rings (SSSR count). The van der Waals surface area contributed by atoms with Gasteiger partial charge in [-0.05, 0) is 58.5 Å². The molecular weight excluding hydrogens is 248 g/mol. The first-order chi connectivity index (χ1) is 9.65. The summed E-state index contributed by atoms with van der Waals surface area (Å²) in [5, 5.41) is 3.30. The number of nitrogens with zero attached hydrogens (tertiary/aromatic N) is 1. The van der Waals surface area contributed by atoms with Gasteiger partial charge in [0.2, 0.25) is 0 Å². The molecule has 1 N–H and O–H groups in total. The summed E-state index contributed by atoms with van der Waals surface area (Å²) in [4.78, 5) is 2.47. The third kappa shape index (κ3) is 3.53. The lowest BCUT2D eigenvalue weighted by Crippen LogP contribution is -2.36. The molecule has 0 radical (unpaired) electrons. The maximum atomic E-state index is 5.79. The normalized spacial score (nSPS) is 17.1. The van der Waals surface area contributed by atoms with Crippen LogP contribution < -0.4 is 10.1 Å². The molecule has 112 valence electrons. The second-order valence-electron chi connectivity index (χ2n) is 5.81. The second kappa shape index (κ2) is 7.09. The fourth-order valence-electron chi connectivity index (χ4n) is 2.68. The van der Waals surface area contributed by atoms with Gasteiger partial charge in [-0.3, -0.25) is 4.90 Å². The van der Waals surface area contributed by atoms with E-state index in [-0.39, 0.29) is 0 Å². The molecule has 3 nitrogen and oxygen atoms in total. The Bertz CT molecular complexity index is 429. The molecule has 1 fully saturated rings. The van der Waals surface area contributed by atoms with E-state index in [0.29, 0.717) is 6.04 Å². The highest BCUT2D eigenvalue weighted by Gasteiger charge is 2.23. The van der Waals surface area contributed by atoms with Crippen molar-refractivity contribution in [2.45, 2.75) is 51.7 Å². The Morgan fingerprint density at radius 2 is 2.15 bits per heavy atom. The molecule has 1 saturated carbocycles. The van der Waals surface area contributed by atoms with Crippen LogP contribution in [0.5, 0.6) is 5.75 Å². The summed E-state index contributed by atoms with van der Waals surface area (Å²) in [5.41, 5.74) is 2.63. The minimum Gasteiger partial charge on any atom is -0.494 e. The van der Waals surface area contributed by atoms with Crippen LogP contribution in [-0.2, 0) is 6.54 Å². The van der Waals surface area contributed by atoms with Crippen molar-refractivity contribution >= 4 is 0 Å². The molecule has 0 amide bonds. The summed E-state index contributed by atoms with van der Waals surface area (Å²) >= 11 is 0. The average molecular weight is 276 g/mol. The Hall–Kier alpha value is -1.06. The molecule has 3 heteroatoms. The van der Waals surface area contributed by atoms with Crippen molar-refractivity contribution < 1.29 is 4.74 Å². The minimum absolute atomic E-state index is 0.374. The molecule has 1 aliphatic rings. The van der Waals surface area contributed by atoms with E-state index in [4.69, 9.17) is 4.74 Å².